The smallest absolute Gasteiger partial charge is 0.252 e. The molecule has 0 aliphatic carbocycles. The zero-order valence-electron chi connectivity index (χ0n) is 60.9. The topological polar surface area (TPSA) is 19.6 Å². The van der Waals surface area contributed by atoms with Gasteiger partial charge in [-0.15, -0.1) is 0 Å². The number of para-hydroxylation sites is 1. The minimum Gasteiger partial charge on any atom is -0.456 e. The maximum absolute atomic E-state index is 9.57. The Kier molecular flexibility index (Phi) is 10.7. The largest absolute Gasteiger partial charge is 0.456 e. The Labute approximate surface area is 543 Å². The zero-order chi connectivity index (χ0) is 69.5. The van der Waals surface area contributed by atoms with Crippen LogP contribution in [0.15, 0.2) is 301 Å². The predicted molar refractivity (Wildman–Crippen MR) is 383 cm³/mol. The zero-order valence-corrected chi connectivity index (χ0v) is 50.9. The second-order valence-electron chi connectivity index (χ2n) is 25.7. The van der Waals surface area contributed by atoms with E-state index in [1.807, 2.05) is 91.0 Å². The Morgan fingerprint density at radius 1 is 0.322 bits per heavy atom. The summed E-state index contributed by atoms with van der Waals surface area (Å²) >= 11 is 0. The van der Waals surface area contributed by atoms with Gasteiger partial charge in [0.2, 0.25) is 0 Å². The number of hydrogen-bond donors (Lipinski definition) is 0. The first-order chi connectivity index (χ1) is 48.1. The number of nitrogens with zero attached hydrogens (tertiary/aromatic N) is 2. The molecule has 0 saturated carbocycles. The average Bonchev–Trinajstić information content (AvgIpc) is 0.846. The molecule has 0 unspecified atom stereocenters. The molecule has 0 spiro atoms. The fourth-order valence-electron chi connectivity index (χ4n) is 13.7. The van der Waals surface area contributed by atoms with Crippen LogP contribution in [0.1, 0.15) is 66.4 Å². The summed E-state index contributed by atoms with van der Waals surface area (Å²) < 4.78 is 98.9. The van der Waals surface area contributed by atoms with E-state index in [-0.39, 0.29) is 46.1 Å². The highest BCUT2D eigenvalue weighted by atomic mass is 16.3. The summed E-state index contributed by atoms with van der Waals surface area (Å²) in [6.07, 6.45) is 0. The van der Waals surface area contributed by atoms with Gasteiger partial charge in [0, 0.05) is 55.8 Å². The summed E-state index contributed by atoms with van der Waals surface area (Å²) in [6, 6.07) is 77.7. The molecule has 14 aromatic rings. The normalized spacial score (nSPS) is 14.3. The molecule has 16 rings (SSSR count). The van der Waals surface area contributed by atoms with Gasteiger partial charge in [-0.05, 0) is 155 Å². The van der Waals surface area contributed by atoms with Gasteiger partial charge in [-0.25, -0.2) is 0 Å². The van der Waals surface area contributed by atoms with Gasteiger partial charge >= 0.3 is 0 Å². The Bertz CT molecular complexity index is 5240. The van der Waals surface area contributed by atoms with E-state index >= 15 is 0 Å². The second kappa shape index (κ2) is 21.6. The first kappa shape index (κ1) is 44.7. The van der Waals surface area contributed by atoms with Gasteiger partial charge in [0.05, 0.1) is 25.1 Å². The Balaban J connectivity index is 1.16. The van der Waals surface area contributed by atoms with Crippen LogP contribution >= 0.6 is 0 Å². The molecule has 2 aliphatic rings. The summed E-state index contributed by atoms with van der Waals surface area (Å²) in [5.41, 5.74) is 20.4. The molecule has 0 bridgehead atoms. The van der Waals surface area contributed by atoms with Gasteiger partial charge < -0.3 is 14.2 Å². The molecular formula is C86H67BN2O. The van der Waals surface area contributed by atoms with E-state index in [1.165, 1.54) is 0 Å². The van der Waals surface area contributed by atoms with Crippen LogP contribution in [-0.2, 0) is 10.8 Å². The lowest BCUT2D eigenvalue weighted by atomic mass is 9.33. The lowest BCUT2D eigenvalue weighted by Crippen LogP contribution is -2.61. The van der Waals surface area contributed by atoms with Crippen molar-refractivity contribution in [3.8, 4) is 77.9 Å². The number of furan rings is 1. The van der Waals surface area contributed by atoms with Gasteiger partial charge in [0.1, 0.15) is 11.2 Å². The number of fused-ring (bicyclic) bond motifs is 7. The van der Waals surface area contributed by atoms with Crippen LogP contribution in [0.3, 0.4) is 0 Å². The van der Waals surface area contributed by atoms with Crippen molar-refractivity contribution in [2.24, 2.45) is 0 Å². The quantitative estimate of drug-likeness (QED) is 0.134. The van der Waals surface area contributed by atoms with Crippen molar-refractivity contribution < 1.29 is 18.1 Å². The first-order valence-electron chi connectivity index (χ1n) is 35.8. The fourth-order valence-corrected chi connectivity index (χ4v) is 13.7. The fraction of sp³-hybridized carbons (Fsp3) is 0.0930. The molecule has 90 heavy (non-hydrogen) atoms. The van der Waals surface area contributed by atoms with Crippen LogP contribution in [-0.4, -0.2) is 6.71 Å². The lowest BCUT2D eigenvalue weighted by molar-refractivity contribution is 0.590. The molecule has 0 amide bonds. The molecule has 0 saturated heterocycles. The molecule has 0 N–H and O–H groups in total. The van der Waals surface area contributed by atoms with Crippen LogP contribution in [0.2, 0.25) is 0 Å². The summed E-state index contributed by atoms with van der Waals surface area (Å²) in [5, 5.41) is 1.89. The molecule has 3 nitrogen and oxygen atoms in total. The van der Waals surface area contributed by atoms with Gasteiger partial charge in [-0.1, -0.05) is 278 Å². The van der Waals surface area contributed by atoms with Gasteiger partial charge in [-0.3, -0.25) is 0 Å². The third-order valence-corrected chi connectivity index (χ3v) is 18.1. The maximum Gasteiger partial charge on any atom is 0.252 e. The van der Waals surface area contributed by atoms with Crippen molar-refractivity contribution in [3.05, 3.63) is 308 Å². The second-order valence-corrected chi connectivity index (χ2v) is 25.7. The number of anilines is 6. The monoisotopic (exact) mass is 1160 g/mol. The van der Waals surface area contributed by atoms with Gasteiger partial charge in [0.15, 0.2) is 0 Å². The summed E-state index contributed by atoms with van der Waals surface area (Å²) in [4.78, 5) is 4.79. The molecule has 0 fully saturated rings. The summed E-state index contributed by atoms with van der Waals surface area (Å²) in [5.74, 6) is 0. The Morgan fingerprint density at radius 3 is 1.12 bits per heavy atom. The Morgan fingerprint density at radius 2 is 0.711 bits per heavy atom. The summed E-state index contributed by atoms with van der Waals surface area (Å²) in [7, 11) is 0. The molecule has 4 heteroatoms. The minimum absolute atomic E-state index is 0.0381. The molecule has 0 atom stereocenters. The van der Waals surface area contributed by atoms with E-state index in [2.05, 4.69) is 197 Å². The molecular weight excluding hydrogens is 1090 g/mol. The van der Waals surface area contributed by atoms with E-state index in [4.69, 9.17) is 12.6 Å². The lowest BCUT2D eigenvalue weighted by Gasteiger charge is -2.46. The molecule has 430 valence electrons. The highest BCUT2D eigenvalue weighted by Gasteiger charge is 2.46. The number of rotatable bonds is 9. The van der Waals surface area contributed by atoms with Crippen LogP contribution < -0.4 is 26.2 Å². The van der Waals surface area contributed by atoms with Crippen LogP contribution in [0.25, 0.3) is 99.8 Å². The highest BCUT2D eigenvalue weighted by molar-refractivity contribution is 7.00. The maximum atomic E-state index is 9.57. The van der Waals surface area contributed by atoms with Crippen molar-refractivity contribution in [2.45, 2.75) is 52.4 Å². The SMILES string of the molecule is [2H]c1c([2H])c([2H])c(-c2ccc3c(c2)B2c4cc(-c5c([2H])c([2H])c([2H])c([2H])c5[2H])ccc4N(c4c(-c5ccccc5)cc(C(C)(C)C)cc4-c4ccccc4)c4cc(-c5cccc6oc7ccccc7c56)cc(c42)N3c2c(-c3ccccc3)cc(C(C)(C)C)cc2-c2ccccc2)c([2H])c1[2H]. The van der Waals surface area contributed by atoms with E-state index in [0.717, 1.165) is 139 Å². The molecule has 1 aromatic heterocycles. The van der Waals surface area contributed by atoms with Crippen molar-refractivity contribution in [1.82, 2.24) is 0 Å². The minimum atomic E-state index is -0.778. The molecule has 3 heterocycles. The van der Waals surface area contributed by atoms with E-state index in [0.29, 0.717) is 11.1 Å². The number of hydrogen-bond acceptors (Lipinski definition) is 3. The first-order valence-corrected chi connectivity index (χ1v) is 30.8. The van der Waals surface area contributed by atoms with Crippen molar-refractivity contribution in [1.29, 1.82) is 0 Å². The standard InChI is InChI=1S/C86H67BN2O/c1-85(2,3)65-52-69(58-32-17-9-18-33-58)83(70(53-65)59-34-19-10-20-35-59)88-75-46-44-62(56-28-13-7-14-29-56)48-73(75)87-74-49-63(57-30-15-8-16-31-57)45-47-76(74)89(78-51-64(50-77(88)82(78)87)67-41-27-43-80-81(67)68-40-25-26-42-79(68)90-80)84-71(60-36-21-11-22-37-60)54-66(86(4,5)6)55-72(84)61-38-23-12-24-39-61/h7-55H,1-6H3/i7D,8D,13D,14D,15D,16D,28D,29D,30D,31D. The van der Waals surface area contributed by atoms with Crippen molar-refractivity contribution in [2.75, 3.05) is 9.80 Å². The molecule has 13 aromatic carbocycles. The van der Waals surface area contributed by atoms with Crippen molar-refractivity contribution in [3.63, 3.8) is 0 Å². The van der Waals surface area contributed by atoms with Gasteiger partial charge in [0.25, 0.3) is 6.71 Å². The number of benzene rings is 13. The third-order valence-electron chi connectivity index (χ3n) is 18.1. The van der Waals surface area contributed by atoms with Gasteiger partial charge in [-0.2, -0.15) is 0 Å². The van der Waals surface area contributed by atoms with E-state index < -0.39 is 43.0 Å². The molecule has 2 aliphatic heterocycles. The average molecular weight is 1170 g/mol. The van der Waals surface area contributed by atoms with E-state index in [1.54, 1.807) is 0 Å². The predicted octanol–water partition coefficient (Wildman–Crippen LogP) is 21.9. The van der Waals surface area contributed by atoms with Crippen LogP contribution in [0.4, 0.5) is 34.1 Å². The highest BCUT2D eigenvalue weighted by Crippen LogP contribution is 2.56. The Hall–Kier alpha value is -10.7. The van der Waals surface area contributed by atoms with Crippen LogP contribution in [0, 0.1) is 0 Å². The van der Waals surface area contributed by atoms with Crippen molar-refractivity contribution >= 4 is 79.2 Å². The summed E-state index contributed by atoms with van der Waals surface area (Å²) in [6.45, 7) is 12.6. The van der Waals surface area contributed by atoms with Crippen LogP contribution in [0.5, 0.6) is 0 Å². The van der Waals surface area contributed by atoms with E-state index in [9.17, 15) is 5.48 Å². The molecule has 0 radical (unpaired) electrons. The third kappa shape index (κ3) is 9.28.